The van der Waals surface area contributed by atoms with Crippen molar-refractivity contribution in [2.45, 2.75) is 0 Å². The van der Waals surface area contributed by atoms with Gasteiger partial charge in [0.15, 0.2) is 0 Å². The molecule has 0 saturated carbocycles. The van der Waals surface area contributed by atoms with Gasteiger partial charge in [0.25, 0.3) is 0 Å². The number of hydrogen-bond acceptors (Lipinski definition) is 4. The zero-order valence-corrected chi connectivity index (χ0v) is 5.48. The molecular formula is C5H6BFNO3-. The summed E-state index contributed by atoms with van der Waals surface area (Å²) in [6, 6.07) is 1.97. The average molecular weight is 158 g/mol. The van der Waals surface area contributed by atoms with Crippen LogP contribution < -0.4 is 5.59 Å². The molecule has 0 aliphatic carbocycles. The van der Waals surface area contributed by atoms with Crippen LogP contribution in [-0.4, -0.2) is 26.8 Å². The largest absolute Gasteiger partial charge is 0.555 e. The van der Waals surface area contributed by atoms with Crippen LogP contribution in [0.4, 0.5) is 4.39 Å². The van der Waals surface area contributed by atoms with Crippen molar-refractivity contribution in [1.29, 1.82) is 0 Å². The number of nitrogens with zero attached hydrogens (tertiary/aromatic N) is 1. The molecular weight excluding hydrogens is 152 g/mol. The van der Waals surface area contributed by atoms with Gasteiger partial charge in [-0.1, -0.05) is 6.07 Å². The Morgan fingerprint density at radius 2 is 1.91 bits per heavy atom. The molecule has 4 nitrogen and oxygen atoms in total. The van der Waals surface area contributed by atoms with Crippen molar-refractivity contribution in [3.8, 4) is 0 Å². The summed E-state index contributed by atoms with van der Waals surface area (Å²) in [6.07, 6.45) is 0.786. The van der Waals surface area contributed by atoms with Crippen LogP contribution in [0.2, 0.25) is 0 Å². The Morgan fingerprint density at radius 3 is 2.27 bits per heavy atom. The predicted molar refractivity (Wildman–Crippen MR) is 36.2 cm³/mol. The number of rotatable bonds is 1. The Hall–Kier alpha value is -0.975. The second-order valence-corrected chi connectivity index (χ2v) is 2.13. The van der Waals surface area contributed by atoms with E-state index in [1.165, 1.54) is 0 Å². The molecule has 0 saturated heterocycles. The van der Waals surface area contributed by atoms with E-state index in [1.807, 2.05) is 0 Å². The van der Waals surface area contributed by atoms with Gasteiger partial charge in [0.1, 0.15) is 5.82 Å². The molecule has 3 N–H and O–H groups in total. The molecule has 0 spiro atoms. The Labute approximate surface area is 62.0 Å². The topological polar surface area (TPSA) is 73.6 Å². The third-order valence-corrected chi connectivity index (χ3v) is 1.15. The van der Waals surface area contributed by atoms with E-state index in [4.69, 9.17) is 15.1 Å². The molecule has 0 bridgehead atoms. The third kappa shape index (κ3) is 1.97. The van der Waals surface area contributed by atoms with Crippen LogP contribution in [-0.2, 0) is 0 Å². The Bertz CT molecular complexity index is 245. The molecule has 0 fully saturated rings. The van der Waals surface area contributed by atoms with E-state index in [-0.39, 0.29) is 5.59 Å². The lowest BCUT2D eigenvalue weighted by molar-refractivity contribution is 0.248. The first-order chi connectivity index (χ1) is 5.00. The molecule has 0 atom stereocenters. The van der Waals surface area contributed by atoms with Crippen LogP contribution in [0.25, 0.3) is 0 Å². The maximum absolute atomic E-state index is 12.2. The molecule has 1 aromatic rings. The highest BCUT2D eigenvalue weighted by Crippen LogP contribution is 1.92. The molecule has 1 aromatic heterocycles. The lowest BCUT2D eigenvalue weighted by Crippen LogP contribution is -2.50. The number of pyridine rings is 1. The monoisotopic (exact) mass is 158 g/mol. The number of hydrogen-bond donors (Lipinski definition) is 3. The maximum atomic E-state index is 12.2. The first-order valence-electron chi connectivity index (χ1n) is 2.93. The Balaban J connectivity index is 2.99. The van der Waals surface area contributed by atoms with E-state index in [1.54, 1.807) is 0 Å². The van der Waals surface area contributed by atoms with Gasteiger partial charge in [-0.05, 0) is 11.7 Å². The van der Waals surface area contributed by atoms with Gasteiger partial charge >= 0.3 is 6.75 Å². The predicted octanol–water partition coefficient (Wildman–Crippen LogP) is -1.66. The molecule has 0 amide bonds. The maximum Gasteiger partial charge on any atom is 0.420 e. The Kier molecular flexibility index (Phi) is 1.90. The van der Waals surface area contributed by atoms with Crippen LogP contribution in [0.5, 0.6) is 0 Å². The van der Waals surface area contributed by atoms with Crippen molar-refractivity contribution >= 4 is 12.3 Å². The molecule has 0 unspecified atom stereocenters. The van der Waals surface area contributed by atoms with Gasteiger partial charge in [0.2, 0.25) is 0 Å². The summed E-state index contributed by atoms with van der Waals surface area (Å²) in [4.78, 5) is 3.25. The smallest absolute Gasteiger partial charge is 0.420 e. The first-order valence-corrected chi connectivity index (χ1v) is 2.93. The summed E-state index contributed by atoms with van der Waals surface area (Å²) >= 11 is 0. The van der Waals surface area contributed by atoms with Crippen LogP contribution >= 0.6 is 0 Å². The quantitative estimate of drug-likeness (QED) is 0.427. The molecule has 11 heavy (non-hydrogen) atoms. The van der Waals surface area contributed by atoms with Crippen molar-refractivity contribution in [3.63, 3.8) is 0 Å². The highest BCUT2D eigenvalue weighted by atomic mass is 19.1. The summed E-state index contributed by atoms with van der Waals surface area (Å²) in [6.45, 7) is -3.60. The lowest BCUT2D eigenvalue weighted by Gasteiger charge is -2.19. The fourth-order valence-electron chi connectivity index (χ4n) is 0.616. The first kappa shape index (κ1) is 8.12. The van der Waals surface area contributed by atoms with E-state index >= 15 is 0 Å². The van der Waals surface area contributed by atoms with Crippen molar-refractivity contribution in [3.05, 3.63) is 24.1 Å². The summed E-state index contributed by atoms with van der Waals surface area (Å²) in [7, 11) is 0. The van der Waals surface area contributed by atoms with Crippen LogP contribution in [0.3, 0.4) is 0 Å². The molecule has 0 aliphatic rings. The van der Waals surface area contributed by atoms with E-state index in [0.717, 1.165) is 18.3 Å². The molecule has 0 aromatic carbocycles. The zero-order valence-electron chi connectivity index (χ0n) is 5.48. The molecule has 0 aliphatic heterocycles. The highest BCUT2D eigenvalue weighted by molar-refractivity contribution is 6.70. The second-order valence-electron chi connectivity index (χ2n) is 2.13. The Morgan fingerprint density at radius 1 is 1.27 bits per heavy atom. The van der Waals surface area contributed by atoms with Crippen LogP contribution in [0.15, 0.2) is 18.3 Å². The molecule has 1 rings (SSSR count). The minimum Gasteiger partial charge on any atom is -0.555 e. The standard InChI is InChI=1S/C5H6BFNO3/c7-4-1-2-5(8-3-4)6(9,10)11/h1-3,9-11H/q-1. The van der Waals surface area contributed by atoms with Gasteiger partial charge < -0.3 is 15.1 Å². The van der Waals surface area contributed by atoms with Gasteiger partial charge in [-0.15, -0.1) is 0 Å². The summed E-state index contributed by atoms with van der Waals surface area (Å²) < 4.78 is 12.2. The zero-order chi connectivity index (χ0) is 8.48. The second kappa shape index (κ2) is 2.57. The van der Waals surface area contributed by atoms with E-state index < -0.39 is 12.6 Å². The highest BCUT2D eigenvalue weighted by Gasteiger charge is 2.19. The molecule has 60 valence electrons. The van der Waals surface area contributed by atoms with Gasteiger partial charge in [-0.2, -0.15) is 0 Å². The van der Waals surface area contributed by atoms with Gasteiger partial charge in [-0.3, -0.25) is 4.98 Å². The van der Waals surface area contributed by atoms with Gasteiger partial charge in [0.05, 0.1) is 6.20 Å². The van der Waals surface area contributed by atoms with Gasteiger partial charge in [-0.25, -0.2) is 4.39 Å². The summed E-state index contributed by atoms with van der Waals surface area (Å²) in [5, 5.41) is 25.7. The summed E-state index contributed by atoms with van der Waals surface area (Å²) in [5.41, 5.74) is -0.355. The van der Waals surface area contributed by atoms with Crippen LogP contribution in [0.1, 0.15) is 0 Å². The van der Waals surface area contributed by atoms with E-state index in [0.29, 0.717) is 0 Å². The minimum atomic E-state index is -3.60. The molecule has 0 radical (unpaired) electrons. The SMILES string of the molecule is O[B-](O)(O)c1ccc(F)cn1. The molecule has 6 heteroatoms. The van der Waals surface area contributed by atoms with Crippen molar-refractivity contribution in [2.75, 3.05) is 0 Å². The fourth-order valence-corrected chi connectivity index (χ4v) is 0.616. The van der Waals surface area contributed by atoms with Crippen molar-refractivity contribution in [2.24, 2.45) is 0 Å². The molecule has 1 heterocycles. The third-order valence-electron chi connectivity index (χ3n) is 1.15. The number of aromatic nitrogens is 1. The normalized spacial score (nSPS) is 11.6. The minimum absolute atomic E-state index is 0.355. The average Bonchev–Trinajstić information content (AvgIpc) is 1.86. The van der Waals surface area contributed by atoms with Crippen molar-refractivity contribution in [1.82, 2.24) is 4.98 Å². The van der Waals surface area contributed by atoms with E-state index in [9.17, 15) is 4.39 Å². The lowest BCUT2D eigenvalue weighted by atomic mass is 9.75. The summed E-state index contributed by atoms with van der Waals surface area (Å²) in [5.74, 6) is -0.603. The van der Waals surface area contributed by atoms with Crippen molar-refractivity contribution < 1.29 is 19.5 Å². The fraction of sp³-hybridized carbons (Fsp3) is 0. The van der Waals surface area contributed by atoms with Gasteiger partial charge in [0, 0.05) is 0 Å². The number of halogens is 1. The van der Waals surface area contributed by atoms with Crippen LogP contribution in [0, 0.1) is 5.82 Å². The van der Waals surface area contributed by atoms with E-state index in [2.05, 4.69) is 4.98 Å².